The van der Waals surface area contributed by atoms with Crippen LogP contribution in [0.15, 0.2) is 71.3 Å². The number of carbonyl (C=O) groups excluding carboxylic acids is 1. The van der Waals surface area contributed by atoms with Crippen LogP contribution >= 0.6 is 0 Å². The second-order valence-electron chi connectivity index (χ2n) is 8.49. The van der Waals surface area contributed by atoms with E-state index in [2.05, 4.69) is 25.2 Å². The number of carbonyl (C=O) groups is 1. The molecule has 5 rings (SSSR count). The normalized spacial score (nSPS) is 15.3. The van der Waals surface area contributed by atoms with E-state index in [0.717, 1.165) is 42.9 Å². The Bertz CT molecular complexity index is 1270. The standard InChI is InChI=1S/C26H25N5O3/c1-17-7-5-6-10-20(17)23(32)19-13-15-31(16-14-19)22-12-11-21(28-29-22)26-27-25(30-34-26)24(33)18-8-3-2-4-9-18/h2-12,19,24,33H,13-16H2,1H3. The minimum Gasteiger partial charge on any atom is -0.380 e. The molecule has 0 bridgehead atoms. The number of nitrogens with zero attached hydrogens (tertiary/aromatic N) is 5. The lowest BCUT2D eigenvalue weighted by Gasteiger charge is -2.32. The van der Waals surface area contributed by atoms with Crippen molar-refractivity contribution >= 4 is 11.6 Å². The van der Waals surface area contributed by atoms with E-state index in [1.807, 2.05) is 55.5 Å². The molecular weight excluding hydrogens is 430 g/mol. The fraction of sp³-hybridized carbons (Fsp3) is 0.269. The van der Waals surface area contributed by atoms with Crippen LogP contribution in [0.3, 0.4) is 0 Å². The fourth-order valence-electron chi connectivity index (χ4n) is 4.28. The van der Waals surface area contributed by atoms with Crippen molar-refractivity contribution in [1.29, 1.82) is 0 Å². The summed E-state index contributed by atoms with van der Waals surface area (Å²) in [4.78, 5) is 19.3. The van der Waals surface area contributed by atoms with Gasteiger partial charge in [-0.05, 0) is 43.0 Å². The molecule has 1 atom stereocenters. The number of aliphatic hydroxyl groups is 1. The Morgan fingerprint density at radius 2 is 1.74 bits per heavy atom. The predicted molar refractivity (Wildman–Crippen MR) is 126 cm³/mol. The number of piperidine rings is 1. The minimum absolute atomic E-state index is 0.0254. The van der Waals surface area contributed by atoms with Crippen LogP contribution in [0.4, 0.5) is 5.82 Å². The van der Waals surface area contributed by atoms with E-state index in [1.165, 1.54) is 0 Å². The lowest BCUT2D eigenvalue weighted by molar-refractivity contribution is 0.0899. The smallest absolute Gasteiger partial charge is 0.278 e. The largest absolute Gasteiger partial charge is 0.380 e. The summed E-state index contributed by atoms with van der Waals surface area (Å²) in [6.45, 7) is 3.46. The average molecular weight is 456 g/mol. The molecule has 0 spiro atoms. The zero-order valence-corrected chi connectivity index (χ0v) is 18.8. The van der Waals surface area contributed by atoms with Crippen molar-refractivity contribution in [3.05, 3.63) is 89.2 Å². The number of ketones is 1. The summed E-state index contributed by atoms with van der Waals surface area (Å²) >= 11 is 0. The van der Waals surface area contributed by atoms with Crippen LogP contribution in [0.2, 0.25) is 0 Å². The first kappa shape index (κ1) is 21.9. The van der Waals surface area contributed by atoms with Gasteiger partial charge in [-0.1, -0.05) is 59.8 Å². The maximum atomic E-state index is 12.9. The number of Topliss-reactive ketones (excluding diaryl/α,β-unsaturated/α-hetero) is 1. The quantitative estimate of drug-likeness (QED) is 0.435. The Balaban J connectivity index is 1.22. The number of aryl methyl sites for hydroxylation is 1. The van der Waals surface area contributed by atoms with Crippen molar-refractivity contribution in [1.82, 2.24) is 20.3 Å². The number of hydrogen-bond donors (Lipinski definition) is 1. The predicted octanol–water partition coefficient (Wildman–Crippen LogP) is 4.02. The second kappa shape index (κ2) is 9.52. The van der Waals surface area contributed by atoms with Gasteiger partial charge in [0.05, 0.1) is 0 Å². The van der Waals surface area contributed by atoms with Crippen molar-refractivity contribution in [3.8, 4) is 11.6 Å². The zero-order valence-electron chi connectivity index (χ0n) is 18.8. The molecule has 8 nitrogen and oxygen atoms in total. The van der Waals surface area contributed by atoms with E-state index in [-0.39, 0.29) is 23.4 Å². The molecule has 8 heteroatoms. The van der Waals surface area contributed by atoms with Crippen molar-refractivity contribution in [3.63, 3.8) is 0 Å². The zero-order chi connectivity index (χ0) is 23.5. The molecule has 1 N–H and O–H groups in total. The number of benzene rings is 2. The van der Waals surface area contributed by atoms with E-state index in [0.29, 0.717) is 11.3 Å². The second-order valence-corrected chi connectivity index (χ2v) is 8.49. The molecular formula is C26H25N5O3. The van der Waals surface area contributed by atoms with Gasteiger partial charge >= 0.3 is 0 Å². The van der Waals surface area contributed by atoms with Gasteiger partial charge in [-0.3, -0.25) is 4.79 Å². The Morgan fingerprint density at radius 3 is 2.44 bits per heavy atom. The third-order valence-electron chi connectivity index (χ3n) is 6.27. The SMILES string of the molecule is Cc1ccccc1C(=O)C1CCN(c2ccc(-c3nc(C(O)c4ccccc4)no3)nn2)CC1. The molecule has 0 saturated carbocycles. The molecule has 1 unspecified atom stereocenters. The third-order valence-corrected chi connectivity index (χ3v) is 6.27. The van der Waals surface area contributed by atoms with Gasteiger partial charge in [0.25, 0.3) is 5.89 Å². The molecule has 3 heterocycles. The Labute approximate surface area is 197 Å². The van der Waals surface area contributed by atoms with Crippen LogP contribution in [0, 0.1) is 12.8 Å². The summed E-state index contributed by atoms with van der Waals surface area (Å²) in [5.41, 5.74) is 2.96. The van der Waals surface area contributed by atoms with Crippen molar-refractivity contribution < 1.29 is 14.4 Å². The van der Waals surface area contributed by atoms with Gasteiger partial charge in [0, 0.05) is 24.6 Å². The summed E-state index contributed by atoms with van der Waals surface area (Å²) in [5.74, 6) is 1.37. The van der Waals surface area contributed by atoms with Crippen LogP contribution in [0.1, 0.15) is 46.3 Å². The van der Waals surface area contributed by atoms with Crippen molar-refractivity contribution in [2.45, 2.75) is 25.9 Å². The van der Waals surface area contributed by atoms with Crippen LogP contribution < -0.4 is 4.90 Å². The van der Waals surface area contributed by atoms with E-state index >= 15 is 0 Å². The molecule has 2 aromatic heterocycles. The fourth-order valence-corrected chi connectivity index (χ4v) is 4.28. The van der Waals surface area contributed by atoms with Gasteiger partial charge < -0.3 is 14.5 Å². The number of aromatic nitrogens is 4. The molecule has 4 aromatic rings. The summed E-state index contributed by atoms with van der Waals surface area (Å²) in [6, 6.07) is 20.6. The van der Waals surface area contributed by atoms with Gasteiger partial charge in [0.2, 0.25) is 5.82 Å². The van der Waals surface area contributed by atoms with Gasteiger partial charge in [0.1, 0.15) is 6.10 Å². The van der Waals surface area contributed by atoms with E-state index in [9.17, 15) is 9.90 Å². The molecule has 1 aliphatic heterocycles. The average Bonchev–Trinajstić information content (AvgIpc) is 3.39. The molecule has 172 valence electrons. The van der Waals surface area contributed by atoms with E-state index in [1.54, 1.807) is 18.2 Å². The lowest BCUT2D eigenvalue weighted by atomic mass is 9.87. The first-order valence-corrected chi connectivity index (χ1v) is 11.4. The van der Waals surface area contributed by atoms with Crippen LogP contribution in [-0.2, 0) is 0 Å². The summed E-state index contributed by atoms with van der Waals surface area (Å²) in [7, 11) is 0. The molecule has 1 fully saturated rings. The molecule has 1 saturated heterocycles. The van der Waals surface area contributed by atoms with Crippen LogP contribution in [0.5, 0.6) is 0 Å². The highest BCUT2D eigenvalue weighted by molar-refractivity contribution is 5.99. The molecule has 0 aliphatic carbocycles. The van der Waals surface area contributed by atoms with Gasteiger partial charge in [-0.25, -0.2) is 0 Å². The molecule has 0 radical (unpaired) electrons. The summed E-state index contributed by atoms with van der Waals surface area (Å²) in [5, 5.41) is 22.9. The third kappa shape index (κ3) is 4.45. The number of anilines is 1. The Kier molecular flexibility index (Phi) is 6.14. The molecule has 34 heavy (non-hydrogen) atoms. The Hall–Kier alpha value is -3.91. The first-order chi connectivity index (χ1) is 16.6. The maximum Gasteiger partial charge on any atom is 0.278 e. The number of aliphatic hydroxyl groups excluding tert-OH is 1. The molecule has 0 amide bonds. The van der Waals surface area contributed by atoms with E-state index in [4.69, 9.17) is 4.52 Å². The highest BCUT2D eigenvalue weighted by Crippen LogP contribution is 2.27. The van der Waals surface area contributed by atoms with Crippen molar-refractivity contribution in [2.75, 3.05) is 18.0 Å². The molecule has 2 aromatic carbocycles. The molecule has 1 aliphatic rings. The first-order valence-electron chi connectivity index (χ1n) is 11.4. The summed E-state index contributed by atoms with van der Waals surface area (Å²) in [6.07, 6.45) is 0.580. The Morgan fingerprint density at radius 1 is 1.00 bits per heavy atom. The van der Waals surface area contributed by atoms with Crippen molar-refractivity contribution in [2.24, 2.45) is 5.92 Å². The minimum atomic E-state index is -0.977. The number of rotatable bonds is 6. The maximum absolute atomic E-state index is 12.9. The topological polar surface area (TPSA) is 105 Å². The summed E-state index contributed by atoms with van der Waals surface area (Å²) < 4.78 is 5.30. The lowest BCUT2D eigenvalue weighted by Crippen LogP contribution is -2.37. The monoisotopic (exact) mass is 455 g/mol. The van der Waals surface area contributed by atoms with Crippen LogP contribution in [-0.4, -0.2) is 44.3 Å². The van der Waals surface area contributed by atoms with Gasteiger partial charge in [0.15, 0.2) is 17.3 Å². The highest BCUT2D eigenvalue weighted by Gasteiger charge is 2.27. The number of hydrogen-bond acceptors (Lipinski definition) is 8. The van der Waals surface area contributed by atoms with Crippen LogP contribution in [0.25, 0.3) is 11.6 Å². The highest BCUT2D eigenvalue weighted by atomic mass is 16.5. The van der Waals surface area contributed by atoms with E-state index < -0.39 is 6.10 Å². The van der Waals surface area contributed by atoms with Gasteiger partial charge in [-0.15, -0.1) is 10.2 Å². The van der Waals surface area contributed by atoms with Gasteiger partial charge in [-0.2, -0.15) is 4.98 Å².